The highest BCUT2D eigenvalue weighted by molar-refractivity contribution is 8.93. The number of carbonyl (C=O) groups excluding carboxylic acids is 2. The maximum atomic E-state index is 15.4. The molecule has 0 atom stereocenters. The van der Waals surface area contributed by atoms with Crippen LogP contribution in [0.1, 0.15) is 74.0 Å². The smallest absolute Gasteiger partial charge is 0.303 e. The minimum Gasteiger partial charge on any atom is -0.490 e. The van der Waals surface area contributed by atoms with E-state index in [0.29, 0.717) is 29.8 Å². The van der Waals surface area contributed by atoms with Crippen LogP contribution in [-0.4, -0.2) is 59.8 Å². The van der Waals surface area contributed by atoms with Crippen LogP contribution >= 0.6 is 17.0 Å². The molecule has 9 nitrogen and oxygen atoms in total. The van der Waals surface area contributed by atoms with Crippen LogP contribution in [0.4, 0.5) is 10.1 Å². The molecule has 0 fully saturated rings. The van der Waals surface area contributed by atoms with E-state index in [2.05, 4.69) is 0 Å². The summed E-state index contributed by atoms with van der Waals surface area (Å²) in [7, 11) is 0. The molecule has 0 saturated heterocycles. The van der Waals surface area contributed by atoms with E-state index in [0.717, 1.165) is 5.56 Å². The standard InChI is InChI=1S/C29H34FN3O6.BrH/c1-5-38-22-13-18-15-32(28(31)25(18)26(30)27(22)39-6-2)16-21(34)17-9-10-20-19(12-17)29(3,4)14-23(35)33(20)11-7-8-24(36)37;/h9-10,12-13,31H,5-8,11,14-16H2,1-4H3,(H,36,37);1H. The van der Waals surface area contributed by atoms with Crippen molar-refractivity contribution in [1.82, 2.24) is 4.90 Å². The van der Waals surface area contributed by atoms with Crippen LogP contribution in [0.2, 0.25) is 0 Å². The molecular formula is C29H35BrFN3O6. The fourth-order valence-corrected chi connectivity index (χ4v) is 5.25. The van der Waals surface area contributed by atoms with Crippen molar-refractivity contribution in [2.24, 2.45) is 0 Å². The molecule has 0 unspecified atom stereocenters. The van der Waals surface area contributed by atoms with Crippen LogP contribution in [0, 0.1) is 11.2 Å². The van der Waals surface area contributed by atoms with Gasteiger partial charge in [-0.3, -0.25) is 19.8 Å². The van der Waals surface area contributed by atoms with E-state index in [1.165, 1.54) is 4.90 Å². The molecule has 2 aromatic carbocycles. The third kappa shape index (κ3) is 5.99. The average molecular weight is 621 g/mol. The number of fused-ring (bicyclic) bond motifs is 2. The Balaban J connectivity index is 0.00000441. The highest BCUT2D eigenvalue weighted by atomic mass is 79.9. The van der Waals surface area contributed by atoms with Gasteiger partial charge in [0.15, 0.2) is 23.1 Å². The highest BCUT2D eigenvalue weighted by Crippen LogP contribution is 2.42. The first-order valence-electron chi connectivity index (χ1n) is 13.1. The van der Waals surface area contributed by atoms with Crippen LogP contribution in [-0.2, 0) is 21.5 Å². The van der Waals surface area contributed by atoms with Gasteiger partial charge in [0.25, 0.3) is 0 Å². The van der Waals surface area contributed by atoms with E-state index in [-0.39, 0.29) is 90.7 Å². The Kier molecular flexibility index (Phi) is 9.60. The molecule has 2 heterocycles. The van der Waals surface area contributed by atoms with E-state index < -0.39 is 17.2 Å². The maximum Gasteiger partial charge on any atom is 0.303 e. The van der Waals surface area contributed by atoms with Gasteiger partial charge in [-0.25, -0.2) is 4.39 Å². The predicted molar refractivity (Wildman–Crippen MR) is 154 cm³/mol. The fourth-order valence-electron chi connectivity index (χ4n) is 5.25. The summed E-state index contributed by atoms with van der Waals surface area (Å²) in [6, 6.07) is 6.83. The van der Waals surface area contributed by atoms with Gasteiger partial charge >= 0.3 is 5.97 Å². The van der Waals surface area contributed by atoms with Crippen molar-refractivity contribution < 1.29 is 33.4 Å². The molecule has 0 aliphatic carbocycles. The average Bonchev–Trinajstić information content (AvgIpc) is 3.17. The van der Waals surface area contributed by atoms with Crippen molar-refractivity contribution in [2.45, 2.75) is 58.9 Å². The van der Waals surface area contributed by atoms with Gasteiger partial charge in [-0.1, -0.05) is 13.8 Å². The highest BCUT2D eigenvalue weighted by Gasteiger charge is 2.38. The summed E-state index contributed by atoms with van der Waals surface area (Å²) < 4.78 is 26.4. The summed E-state index contributed by atoms with van der Waals surface area (Å²) in [5.41, 5.74) is 2.08. The molecule has 0 aromatic heterocycles. The van der Waals surface area contributed by atoms with E-state index in [9.17, 15) is 14.4 Å². The third-order valence-corrected chi connectivity index (χ3v) is 7.11. The van der Waals surface area contributed by atoms with Gasteiger partial charge in [0.05, 0.1) is 25.3 Å². The molecule has 216 valence electrons. The predicted octanol–water partition coefficient (Wildman–Crippen LogP) is 5.10. The van der Waals surface area contributed by atoms with Crippen LogP contribution in [0.15, 0.2) is 24.3 Å². The lowest BCUT2D eigenvalue weighted by Gasteiger charge is -2.39. The fraction of sp³-hybridized carbons (Fsp3) is 0.448. The number of halogens is 2. The lowest BCUT2D eigenvalue weighted by atomic mass is 9.76. The molecule has 2 aromatic rings. The minimum atomic E-state index is -0.918. The molecule has 0 spiro atoms. The first kappa shape index (κ1) is 31.1. The van der Waals surface area contributed by atoms with E-state index in [1.807, 2.05) is 13.8 Å². The number of hydrogen-bond donors (Lipinski definition) is 2. The van der Waals surface area contributed by atoms with Crippen LogP contribution in [0.3, 0.4) is 0 Å². The van der Waals surface area contributed by atoms with E-state index >= 15 is 4.39 Å². The Labute approximate surface area is 243 Å². The van der Waals surface area contributed by atoms with Gasteiger partial charge in [-0.15, -0.1) is 17.0 Å². The molecule has 1 amide bonds. The Bertz CT molecular complexity index is 1350. The summed E-state index contributed by atoms with van der Waals surface area (Å²) in [5, 5.41) is 17.6. The number of aliphatic carboxylic acids is 1. The van der Waals surface area contributed by atoms with Crippen LogP contribution in [0.5, 0.6) is 11.5 Å². The number of hydrogen-bond acceptors (Lipinski definition) is 6. The van der Waals surface area contributed by atoms with Gasteiger partial charge in [0.1, 0.15) is 5.84 Å². The zero-order chi connectivity index (χ0) is 28.5. The number of amidine groups is 1. The molecule has 11 heteroatoms. The number of carboxylic acid groups (broad SMARTS) is 1. The molecule has 2 aliphatic rings. The van der Waals surface area contributed by atoms with Crippen molar-refractivity contribution >= 4 is 46.2 Å². The van der Waals surface area contributed by atoms with Crippen molar-refractivity contribution in [3.8, 4) is 11.5 Å². The Morgan fingerprint density at radius 1 is 1.15 bits per heavy atom. The SMILES string of the molecule is Br.CCOc1cc2c(c(F)c1OCC)C(=N)N(CC(=O)c1ccc3c(c1)C(C)(C)CC(=O)N3CCCC(=O)O)C2. The van der Waals surface area contributed by atoms with Gasteiger partial charge in [-0.2, -0.15) is 0 Å². The largest absolute Gasteiger partial charge is 0.490 e. The summed E-state index contributed by atoms with van der Waals surface area (Å²) in [6.07, 6.45) is 0.522. The zero-order valence-corrected chi connectivity index (χ0v) is 24.8. The van der Waals surface area contributed by atoms with E-state index in [1.54, 1.807) is 43.0 Å². The lowest BCUT2D eigenvalue weighted by molar-refractivity contribution is -0.137. The number of amides is 1. The number of nitrogens with zero attached hydrogens (tertiary/aromatic N) is 2. The summed E-state index contributed by atoms with van der Waals surface area (Å²) in [6.45, 7) is 8.32. The zero-order valence-electron chi connectivity index (χ0n) is 23.1. The number of ether oxygens (including phenoxy) is 2. The Morgan fingerprint density at radius 2 is 1.85 bits per heavy atom. The monoisotopic (exact) mass is 619 g/mol. The maximum absolute atomic E-state index is 15.4. The molecule has 40 heavy (non-hydrogen) atoms. The van der Waals surface area contributed by atoms with Gasteiger partial charge in [0.2, 0.25) is 5.91 Å². The molecule has 0 saturated carbocycles. The number of nitrogens with one attached hydrogen (secondary N) is 1. The van der Waals surface area contributed by atoms with Gasteiger partial charge in [0, 0.05) is 42.6 Å². The van der Waals surface area contributed by atoms with Gasteiger partial charge in [-0.05, 0) is 55.7 Å². The minimum absolute atomic E-state index is 0. The van der Waals surface area contributed by atoms with Crippen molar-refractivity contribution in [2.75, 3.05) is 31.2 Å². The second-order valence-corrected chi connectivity index (χ2v) is 10.4. The third-order valence-electron chi connectivity index (χ3n) is 7.11. The van der Waals surface area contributed by atoms with Crippen LogP contribution < -0.4 is 14.4 Å². The first-order valence-corrected chi connectivity index (χ1v) is 13.1. The summed E-state index contributed by atoms with van der Waals surface area (Å²) >= 11 is 0. The Hall–Kier alpha value is -3.47. The quantitative estimate of drug-likeness (QED) is 0.336. The topological polar surface area (TPSA) is 120 Å². The summed E-state index contributed by atoms with van der Waals surface area (Å²) in [5.74, 6) is -1.75. The molecular weight excluding hydrogens is 585 g/mol. The van der Waals surface area contributed by atoms with Crippen LogP contribution in [0.25, 0.3) is 0 Å². The first-order chi connectivity index (χ1) is 18.5. The number of rotatable bonds is 11. The molecule has 0 bridgehead atoms. The molecule has 0 radical (unpaired) electrons. The van der Waals surface area contributed by atoms with E-state index in [4.69, 9.17) is 20.0 Å². The Morgan fingerprint density at radius 3 is 2.50 bits per heavy atom. The summed E-state index contributed by atoms with van der Waals surface area (Å²) in [4.78, 5) is 40.3. The number of benzene rings is 2. The normalized spacial score (nSPS) is 15.3. The molecule has 2 N–H and O–H groups in total. The number of carboxylic acids is 1. The molecule has 4 rings (SSSR count). The molecule has 2 aliphatic heterocycles. The number of Topliss-reactive ketones (excluding diaryl/α,β-unsaturated/α-hetero) is 1. The number of anilines is 1. The lowest BCUT2D eigenvalue weighted by Crippen LogP contribution is -2.42. The second kappa shape index (κ2) is 12.4. The second-order valence-electron chi connectivity index (χ2n) is 10.4. The van der Waals surface area contributed by atoms with Crippen molar-refractivity contribution in [3.63, 3.8) is 0 Å². The number of ketones is 1. The van der Waals surface area contributed by atoms with Crippen molar-refractivity contribution in [1.29, 1.82) is 5.41 Å². The van der Waals surface area contributed by atoms with Gasteiger partial charge < -0.3 is 24.4 Å². The number of carbonyl (C=O) groups is 3. The van der Waals surface area contributed by atoms with Crippen molar-refractivity contribution in [3.05, 3.63) is 52.3 Å².